The molecule has 0 atom stereocenters. The number of amides is 1. The van der Waals surface area contributed by atoms with E-state index in [1.165, 1.54) is 18.1 Å². The van der Waals surface area contributed by atoms with Gasteiger partial charge >= 0.3 is 0 Å². The molecule has 9 heteroatoms. The summed E-state index contributed by atoms with van der Waals surface area (Å²) in [4.78, 5) is 20.5. The summed E-state index contributed by atoms with van der Waals surface area (Å²) in [6.07, 6.45) is 1.46. The molecule has 0 aliphatic carbocycles. The number of anilines is 1. The highest BCUT2D eigenvalue weighted by Crippen LogP contribution is 2.23. The van der Waals surface area contributed by atoms with E-state index in [4.69, 9.17) is 11.6 Å². The van der Waals surface area contributed by atoms with E-state index in [0.29, 0.717) is 33.4 Å². The predicted octanol–water partition coefficient (Wildman–Crippen LogP) is 2.93. The monoisotopic (exact) mass is 362 g/mol. The lowest BCUT2D eigenvalue weighted by Crippen LogP contribution is -2.14. The maximum atomic E-state index is 12.1. The highest BCUT2D eigenvalue weighted by molar-refractivity contribution is 8.00. The van der Waals surface area contributed by atoms with Crippen LogP contribution in [0.15, 0.2) is 29.6 Å². The van der Waals surface area contributed by atoms with Gasteiger partial charge < -0.3 is 5.32 Å². The first kappa shape index (κ1) is 16.7. The van der Waals surface area contributed by atoms with E-state index in [-0.39, 0.29) is 11.7 Å². The van der Waals surface area contributed by atoms with Crippen molar-refractivity contribution in [2.45, 2.75) is 25.4 Å². The van der Waals surface area contributed by atoms with Gasteiger partial charge in [-0.2, -0.15) is 0 Å². The van der Waals surface area contributed by atoms with Gasteiger partial charge in [-0.25, -0.2) is 14.6 Å². The third-order valence-corrected chi connectivity index (χ3v) is 4.75. The zero-order chi connectivity index (χ0) is 17.1. The molecule has 0 fully saturated rings. The first-order chi connectivity index (χ1) is 11.6. The summed E-state index contributed by atoms with van der Waals surface area (Å²) >= 11 is 7.36. The van der Waals surface area contributed by atoms with Crippen LogP contribution in [-0.2, 0) is 11.3 Å². The number of thioether (sulfide) groups is 1. The maximum absolute atomic E-state index is 12.1. The summed E-state index contributed by atoms with van der Waals surface area (Å²) in [6.45, 7) is 4.54. The zero-order valence-corrected chi connectivity index (χ0v) is 14.7. The molecule has 1 N–H and O–H groups in total. The Bertz CT molecular complexity index is 897. The van der Waals surface area contributed by atoms with Gasteiger partial charge in [0.2, 0.25) is 5.91 Å². The van der Waals surface area contributed by atoms with Gasteiger partial charge in [0.1, 0.15) is 11.4 Å². The van der Waals surface area contributed by atoms with E-state index in [2.05, 4.69) is 25.6 Å². The Labute approximate surface area is 147 Å². The molecule has 1 aromatic carbocycles. The van der Waals surface area contributed by atoms with Crippen LogP contribution in [0.5, 0.6) is 0 Å². The Morgan fingerprint density at radius 3 is 2.96 bits per heavy atom. The Morgan fingerprint density at radius 2 is 2.21 bits per heavy atom. The number of nitrogens with zero attached hydrogens (tertiary/aromatic N) is 5. The first-order valence-corrected chi connectivity index (χ1v) is 8.68. The van der Waals surface area contributed by atoms with E-state index in [0.717, 1.165) is 5.56 Å². The molecule has 0 saturated heterocycles. The van der Waals surface area contributed by atoms with Crippen LogP contribution in [0.1, 0.15) is 12.5 Å². The minimum atomic E-state index is -0.144. The van der Waals surface area contributed by atoms with Gasteiger partial charge in [-0.05, 0) is 31.5 Å². The summed E-state index contributed by atoms with van der Waals surface area (Å²) in [5.41, 5.74) is 2.91. The number of benzene rings is 1. The molecular weight excluding hydrogens is 348 g/mol. The quantitative estimate of drug-likeness (QED) is 0.554. The molecule has 0 radical (unpaired) electrons. The lowest BCUT2D eigenvalue weighted by atomic mass is 10.2. The predicted molar refractivity (Wildman–Crippen MR) is 94.3 cm³/mol. The fraction of sp³-hybridized carbons (Fsp3) is 0.267. The number of rotatable bonds is 5. The summed E-state index contributed by atoms with van der Waals surface area (Å²) in [5.74, 6) is 0.0610. The third-order valence-electron chi connectivity index (χ3n) is 3.36. The second-order valence-corrected chi connectivity index (χ2v) is 6.43. The number of fused-ring (bicyclic) bond motifs is 1. The van der Waals surface area contributed by atoms with Crippen molar-refractivity contribution in [3.63, 3.8) is 0 Å². The fourth-order valence-corrected chi connectivity index (χ4v) is 3.00. The van der Waals surface area contributed by atoms with Gasteiger partial charge in [-0.1, -0.05) is 34.6 Å². The third kappa shape index (κ3) is 3.49. The van der Waals surface area contributed by atoms with Crippen molar-refractivity contribution in [1.82, 2.24) is 25.0 Å². The minimum absolute atomic E-state index is 0.144. The molecule has 0 saturated carbocycles. The van der Waals surface area contributed by atoms with E-state index < -0.39 is 0 Å². The number of hydrogen-bond donors (Lipinski definition) is 1. The van der Waals surface area contributed by atoms with Crippen LogP contribution < -0.4 is 5.32 Å². The van der Waals surface area contributed by atoms with Crippen LogP contribution in [0.3, 0.4) is 0 Å². The van der Waals surface area contributed by atoms with Crippen molar-refractivity contribution in [3.05, 3.63) is 35.1 Å². The summed E-state index contributed by atoms with van der Waals surface area (Å²) in [6, 6.07) is 5.41. The molecule has 124 valence electrons. The highest BCUT2D eigenvalue weighted by atomic mass is 35.5. The SMILES string of the molecule is CCn1nnc2c(SCC(=O)Nc3ccc(C)c(Cl)c3)ncnc21. The van der Waals surface area contributed by atoms with Gasteiger partial charge in [0.15, 0.2) is 11.2 Å². The number of hydrogen-bond acceptors (Lipinski definition) is 6. The smallest absolute Gasteiger partial charge is 0.234 e. The van der Waals surface area contributed by atoms with Gasteiger partial charge in [0, 0.05) is 17.3 Å². The Morgan fingerprint density at radius 1 is 1.38 bits per heavy atom. The lowest BCUT2D eigenvalue weighted by molar-refractivity contribution is -0.113. The van der Waals surface area contributed by atoms with E-state index >= 15 is 0 Å². The number of aromatic nitrogens is 5. The van der Waals surface area contributed by atoms with Crippen molar-refractivity contribution < 1.29 is 4.79 Å². The fourth-order valence-electron chi connectivity index (χ4n) is 2.09. The first-order valence-electron chi connectivity index (χ1n) is 7.31. The van der Waals surface area contributed by atoms with Crippen LogP contribution >= 0.6 is 23.4 Å². The van der Waals surface area contributed by atoms with Gasteiger partial charge in [0.05, 0.1) is 5.75 Å². The zero-order valence-electron chi connectivity index (χ0n) is 13.2. The van der Waals surface area contributed by atoms with Crippen LogP contribution in [0.25, 0.3) is 11.2 Å². The molecule has 3 aromatic rings. The second-order valence-electron chi connectivity index (χ2n) is 5.06. The average molecular weight is 363 g/mol. The van der Waals surface area contributed by atoms with Gasteiger partial charge in [-0.15, -0.1) is 5.10 Å². The lowest BCUT2D eigenvalue weighted by Gasteiger charge is -2.06. The number of aryl methyl sites for hydroxylation is 2. The second kappa shape index (κ2) is 7.14. The van der Waals surface area contributed by atoms with Crippen LogP contribution in [0.4, 0.5) is 5.69 Å². The van der Waals surface area contributed by atoms with Crippen LogP contribution in [-0.4, -0.2) is 36.6 Å². The number of nitrogens with one attached hydrogen (secondary N) is 1. The Kier molecular flexibility index (Phi) is 4.96. The van der Waals surface area contributed by atoms with E-state index in [1.54, 1.807) is 10.7 Å². The molecule has 0 unspecified atom stereocenters. The van der Waals surface area contributed by atoms with Crippen molar-refractivity contribution in [2.75, 3.05) is 11.1 Å². The molecule has 1 amide bonds. The standard InChI is InChI=1S/C15H15ClN6OS/c1-3-22-14-13(20-21-22)15(18-8-17-14)24-7-12(23)19-10-5-4-9(2)11(16)6-10/h4-6,8H,3,7H2,1-2H3,(H,19,23). The summed E-state index contributed by atoms with van der Waals surface area (Å²) in [5, 5.41) is 12.2. The molecule has 0 spiro atoms. The number of carbonyl (C=O) groups is 1. The van der Waals surface area contributed by atoms with Crippen LogP contribution in [0.2, 0.25) is 5.02 Å². The molecule has 24 heavy (non-hydrogen) atoms. The van der Waals surface area contributed by atoms with Gasteiger partial charge in [0.25, 0.3) is 0 Å². The molecule has 2 heterocycles. The Hall–Kier alpha value is -2.19. The maximum Gasteiger partial charge on any atom is 0.234 e. The topological polar surface area (TPSA) is 85.6 Å². The molecule has 3 rings (SSSR count). The van der Waals surface area contributed by atoms with Crippen LogP contribution in [0, 0.1) is 6.92 Å². The van der Waals surface area contributed by atoms with Crippen molar-refractivity contribution in [2.24, 2.45) is 0 Å². The largest absolute Gasteiger partial charge is 0.325 e. The van der Waals surface area contributed by atoms with Crippen molar-refractivity contribution in [3.8, 4) is 0 Å². The average Bonchev–Trinajstić information content (AvgIpc) is 3.00. The molecule has 2 aromatic heterocycles. The molecular formula is C15H15ClN6OS. The van der Waals surface area contributed by atoms with Crippen molar-refractivity contribution >= 4 is 46.1 Å². The highest BCUT2D eigenvalue weighted by Gasteiger charge is 2.13. The van der Waals surface area contributed by atoms with E-state index in [9.17, 15) is 4.79 Å². The molecule has 0 aliphatic rings. The number of halogens is 1. The minimum Gasteiger partial charge on any atom is -0.325 e. The molecule has 0 aliphatic heterocycles. The molecule has 7 nitrogen and oxygen atoms in total. The number of carbonyl (C=O) groups excluding carboxylic acids is 1. The van der Waals surface area contributed by atoms with Crippen molar-refractivity contribution in [1.29, 1.82) is 0 Å². The summed E-state index contributed by atoms with van der Waals surface area (Å²) < 4.78 is 1.69. The normalized spacial score (nSPS) is 11.0. The molecule has 0 bridgehead atoms. The van der Waals surface area contributed by atoms with Gasteiger partial charge in [-0.3, -0.25) is 4.79 Å². The Balaban J connectivity index is 1.68. The summed E-state index contributed by atoms with van der Waals surface area (Å²) in [7, 11) is 0. The van der Waals surface area contributed by atoms with E-state index in [1.807, 2.05) is 26.0 Å².